The quantitative estimate of drug-likeness (QED) is 0.688. The number of rotatable bonds is 3. The van der Waals surface area contributed by atoms with Crippen LogP contribution in [0.2, 0.25) is 0 Å². The zero-order chi connectivity index (χ0) is 14.8. The Morgan fingerprint density at radius 2 is 1.48 bits per heavy atom. The van der Waals surface area contributed by atoms with E-state index in [1.165, 1.54) is 12.1 Å². The van der Waals surface area contributed by atoms with Crippen molar-refractivity contribution in [3.8, 4) is 0 Å². The number of fused-ring (bicyclic) bond motifs is 1. The molecule has 0 bridgehead atoms. The third-order valence-electron chi connectivity index (χ3n) is 3.52. The molecule has 3 aromatic carbocycles. The second kappa shape index (κ2) is 5.52. The number of hydrogen-bond donors (Lipinski definition) is 1. The van der Waals surface area contributed by atoms with Crippen molar-refractivity contribution in [1.82, 2.24) is 0 Å². The van der Waals surface area contributed by atoms with Gasteiger partial charge < -0.3 is 5.32 Å². The first-order valence-electron chi connectivity index (χ1n) is 6.83. The fourth-order valence-corrected chi connectivity index (χ4v) is 2.44. The molecule has 0 amide bonds. The molecule has 21 heavy (non-hydrogen) atoms. The highest BCUT2D eigenvalue weighted by molar-refractivity contribution is 5.85. The molecule has 0 radical (unpaired) electrons. The monoisotopic (exact) mass is 283 g/mol. The normalized spacial score (nSPS) is 12.3. The number of anilines is 1. The zero-order valence-electron chi connectivity index (χ0n) is 11.6. The zero-order valence-corrected chi connectivity index (χ0v) is 11.6. The number of hydrogen-bond acceptors (Lipinski definition) is 1. The van der Waals surface area contributed by atoms with Gasteiger partial charge in [-0.05, 0) is 47.5 Å². The van der Waals surface area contributed by atoms with Crippen molar-refractivity contribution >= 4 is 16.5 Å². The van der Waals surface area contributed by atoms with Gasteiger partial charge in [0.25, 0.3) is 0 Å². The van der Waals surface area contributed by atoms with Gasteiger partial charge in [0, 0.05) is 17.8 Å². The maximum Gasteiger partial charge on any atom is 0.126 e. The summed E-state index contributed by atoms with van der Waals surface area (Å²) in [5.74, 6) is -1.12. The lowest BCUT2D eigenvalue weighted by molar-refractivity contribution is 0.577. The van der Waals surface area contributed by atoms with E-state index in [0.29, 0.717) is 5.56 Å². The Morgan fingerprint density at radius 3 is 2.19 bits per heavy atom. The summed E-state index contributed by atoms with van der Waals surface area (Å²) in [5, 5.41) is 5.56. The lowest BCUT2D eigenvalue weighted by Gasteiger charge is -2.16. The standard InChI is InChI=1S/C18H15F2N/c1-12(15-8-16(19)11-17(20)9-15)21-18-7-6-13-4-2-3-5-14(13)10-18/h2-12,21H,1H3. The molecule has 0 aliphatic heterocycles. The minimum atomic E-state index is -0.558. The Morgan fingerprint density at radius 1 is 0.810 bits per heavy atom. The van der Waals surface area contributed by atoms with Crippen LogP contribution in [0.25, 0.3) is 10.8 Å². The Balaban J connectivity index is 1.86. The fourth-order valence-electron chi connectivity index (χ4n) is 2.44. The Kier molecular flexibility index (Phi) is 3.57. The van der Waals surface area contributed by atoms with E-state index in [0.717, 1.165) is 22.5 Å². The van der Waals surface area contributed by atoms with Gasteiger partial charge in [-0.2, -0.15) is 0 Å². The summed E-state index contributed by atoms with van der Waals surface area (Å²) in [7, 11) is 0. The maximum atomic E-state index is 13.3. The van der Waals surface area contributed by atoms with E-state index >= 15 is 0 Å². The summed E-state index contributed by atoms with van der Waals surface area (Å²) in [5.41, 5.74) is 1.51. The molecule has 0 saturated heterocycles. The van der Waals surface area contributed by atoms with E-state index in [9.17, 15) is 8.78 Å². The van der Waals surface area contributed by atoms with E-state index in [2.05, 4.69) is 5.32 Å². The van der Waals surface area contributed by atoms with Gasteiger partial charge >= 0.3 is 0 Å². The predicted octanol–water partition coefficient (Wildman–Crippen LogP) is 5.29. The Bertz CT molecular complexity index is 763. The smallest absolute Gasteiger partial charge is 0.126 e. The van der Waals surface area contributed by atoms with E-state index in [4.69, 9.17) is 0 Å². The summed E-state index contributed by atoms with van der Waals surface area (Å²) in [6, 6.07) is 17.5. The lowest BCUT2D eigenvalue weighted by Crippen LogP contribution is -2.07. The van der Waals surface area contributed by atoms with Crippen LogP contribution in [0.1, 0.15) is 18.5 Å². The number of halogens is 2. The molecule has 1 atom stereocenters. The molecular weight excluding hydrogens is 268 g/mol. The van der Waals surface area contributed by atoms with Crippen molar-refractivity contribution in [3.05, 3.63) is 77.9 Å². The minimum absolute atomic E-state index is 0.184. The Hall–Kier alpha value is -2.42. The molecule has 1 unspecified atom stereocenters. The van der Waals surface area contributed by atoms with Gasteiger partial charge in [0.1, 0.15) is 11.6 Å². The van der Waals surface area contributed by atoms with Gasteiger partial charge in [-0.15, -0.1) is 0 Å². The molecule has 3 aromatic rings. The molecule has 0 spiro atoms. The highest BCUT2D eigenvalue weighted by Gasteiger charge is 2.09. The number of nitrogens with one attached hydrogen (secondary N) is 1. The molecule has 1 N–H and O–H groups in total. The first-order valence-corrected chi connectivity index (χ1v) is 6.83. The fraction of sp³-hybridized carbons (Fsp3) is 0.111. The molecule has 0 saturated carbocycles. The van der Waals surface area contributed by atoms with Crippen molar-refractivity contribution in [3.63, 3.8) is 0 Å². The van der Waals surface area contributed by atoms with Crippen LogP contribution >= 0.6 is 0 Å². The summed E-state index contributed by atoms with van der Waals surface area (Å²) >= 11 is 0. The molecule has 0 fully saturated rings. The average molecular weight is 283 g/mol. The van der Waals surface area contributed by atoms with Gasteiger partial charge in [-0.1, -0.05) is 30.3 Å². The van der Waals surface area contributed by atoms with Crippen LogP contribution in [0.4, 0.5) is 14.5 Å². The second-order valence-electron chi connectivity index (χ2n) is 5.13. The third-order valence-corrected chi connectivity index (χ3v) is 3.52. The van der Waals surface area contributed by atoms with E-state index in [1.807, 2.05) is 49.4 Å². The lowest BCUT2D eigenvalue weighted by atomic mass is 10.1. The van der Waals surface area contributed by atoms with Gasteiger partial charge in [0.05, 0.1) is 0 Å². The number of benzene rings is 3. The van der Waals surface area contributed by atoms with Crippen LogP contribution < -0.4 is 5.32 Å². The molecule has 3 rings (SSSR count). The SMILES string of the molecule is CC(Nc1ccc2ccccc2c1)c1cc(F)cc(F)c1. The molecule has 0 aliphatic carbocycles. The van der Waals surface area contributed by atoms with Crippen LogP contribution in [0.5, 0.6) is 0 Å². The van der Waals surface area contributed by atoms with Gasteiger partial charge in [0.2, 0.25) is 0 Å². The van der Waals surface area contributed by atoms with Gasteiger partial charge in [0.15, 0.2) is 0 Å². The molecule has 0 heterocycles. The highest BCUT2D eigenvalue weighted by atomic mass is 19.1. The van der Waals surface area contributed by atoms with E-state index in [-0.39, 0.29) is 6.04 Å². The van der Waals surface area contributed by atoms with Crippen LogP contribution in [0, 0.1) is 11.6 Å². The highest BCUT2D eigenvalue weighted by Crippen LogP contribution is 2.24. The van der Waals surface area contributed by atoms with E-state index < -0.39 is 11.6 Å². The average Bonchev–Trinajstić information content (AvgIpc) is 2.46. The van der Waals surface area contributed by atoms with Crippen molar-refractivity contribution in [2.75, 3.05) is 5.32 Å². The summed E-state index contributed by atoms with van der Waals surface area (Å²) in [4.78, 5) is 0. The van der Waals surface area contributed by atoms with Crippen LogP contribution in [0.15, 0.2) is 60.7 Å². The van der Waals surface area contributed by atoms with Crippen LogP contribution in [0.3, 0.4) is 0 Å². The maximum absolute atomic E-state index is 13.3. The molecule has 0 aliphatic rings. The summed E-state index contributed by atoms with van der Waals surface area (Å²) in [6.45, 7) is 1.88. The minimum Gasteiger partial charge on any atom is -0.378 e. The Labute approximate surface area is 122 Å². The van der Waals surface area contributed by atoms with Crippen molar-refractivity contribution in [2.24, 2.45) is 0 Å². The van der Waals surface area contributed by atoms with E-state index in [1.54, 1.807) is 0 Å². The van der Waals surface area contributed by atoms with Crippen molar-refractivity contribution < 1.29 is 8.78 Å². The predicted molar refractivity (Wildman–Crippen MR) is 82.3 cm³/mol. The molecule has 1 nitrogen and oxygen atoms in total. The van der Waals surface area contributed by atoms with Crippen LogP contribution in [-0.2, 0) is 0 Å². The van der Waals surface area contributed by atoms with Crippen molar-refractivity contribution in [1.29, 1.82) is 0 Å². The third kappa shape index (κ3) is 3.02. The molecular formula is C18H15F2N. The molecule has 0 aromatic heterocycles. The molecule has 106 valence electrons. The summed E-state index contributed by atoms with van der Waals surface area (Å²) < 4.78 is 26.5. The summed E-state index contributed by atoms with van der Waals surface area (Å²) in [6.07, 6.45) is 0. The van der Waals surface area contributed by atoms with Crippen LogP contribution in [-0.4, -0.2) is 0 Å². The largest absolute Gasteiger partial charge is 0.378 e. The second-order valence-corrected chi connectivity index (χ2v) is 5.13. The van der Waals surface area contributed by atoms with Crippen molar-refractivity contribution in [2.45, 2.75) is 13.0 Å². The topological polar surface area (TPSA) is 12.0 Å². The molecule has 3 heteroatoms. The first-order chi connectivity index (χ1) is 10.1. The van der Waals surface area contributed by atoms with Gasteiger partial charge in [-0.25, -0.2) is 8.78 Å². The first kappa shape index (κ1) is 13.6. The van der Waals surface area contributed by atoms with Gasteiger partial charge in [-0.3, -0.25) is 0 Å².